The van der Waals surface area contributed by atoms with Gasteiger partial charge in [-0.05, 0) is 40.8 Å². The van der Waals surface area contributed by atoms with Crippen LogP contribution in [0.5, 0.6) is 0 Å². The molecule has 0 fully saturated rings. The van der Waals surface area contributed by atoms with E-state index in [0.29, 0.717) is 13.1 Å². The summed E-state index contributed by atoms with van der Waals surface area (Å²) in [6, 6.07) is 16.8. The van der Waals surface area contributed by atoms with Gasteiger partial charge < -0.3 is 4.90 Å². The molecule has 4 rings (SSSR count). The lowest BCUT2D eigenvalue weighted by molar-refractivity contribution is -0.385. The number of nitrogens with zero attached hydrogens (tertiary/aromatic N) is 4. The molecule has 168 valence electrons. The summed E-state index contributed by atoms with van der Waals surface area (Å²) in [4.78, 5) is 37.3. The Bertz CT molecular complexity index is 1190. The number of hydrogen-bond donors (Lipinski definition) is 0. The van der Waals surface area contributed by atoms with Gasteiger partial charge in [-0.25, -0.2) is 0 Å². The first-order valence-corrected chi connectivity index (χ1v) is 10.2. The van der Waals surface area contributed by atoms with E-state index < -0.39 is 9.85 Å². The van der Waals surface area contributed by atoms with Crippen LogP contribution >= 0.6 is 0 Å². The van der Waals surface area contributed by atoms with Gasteiger partial charge in [0.15, 0.2) is 0 Å². The van der Waals surface area contributed by atoms with Gasteiger partial charge in [-0.2, -0.15) is 0 Å². The van der Waals surface area contributed by atoms with Gasteiger partial charge in [-0.1, -0.05) is 30.3 Å². The van der Waals surface area contributed by atoms with Crippen LogP contribution in [0.25, 0.3) is 16.7 Å². The van der Waals surface area contributed by atoms with E-state index in [2.05, 4.69) is 4.98 Å². The fourth-order valence-electron chi connectivity index (χ4n) is 3.38. The van der Waals surface area contributed by atoms with Gasteiger partial charge in [-0.3, -0.25) is 30.0 Å². The van der Waals surface area contributed by atoms with Crippen LogP contribution in [0, 0.1) is 20.2 Å². The number of pyridine rings is 1. The average molecular weight is 446 g/mol. The monoisotopic (exact) mass is 446 g/mol. The summed E-state index contributed by atoms with van der Waals surface area (Å²) >= 11 is 0. The summed E-state index contributed by atoms with van der Waals surface area (Å²) in [5, 5.41) is 21.3. The molecule has 1 aromatic heterocycles. The molecule has 9 nitrogen and oxygen atoms in total. The molecular formula is C24H22N4O5. The minimum atomic E-state index is -0.398. The van der Waals surface area contributed by atoms with E-state index in [9.17, 15) is 25.0 Å². The molecule has 0 unspecified atom stereocenters. The number of non-ortho nitro benzene ring substituents is 2. The summed E-state index contributed by atoms with van der Waals surface area (Å²) in [5.41, 5.74) is 3.88. The molecular weight excluding hydrogens is 424 g/mol. The van der Waals surface area contributed by atoms with E-state index in [1.165, 1.54) is 12.1 Å². The van der Waals surface area contributed by atoms with E-state index >= 15 is 0 Å². The summed E-state index contributed by atoms with van der Waals surface area (Å²) < 4.78 is 0. The maximum Gasteiger partial charge on any atom is 0.270 e. The van der Waals surface area contributed by atoms with Crippen molar-refractivity contribution in [2.24, 2.45) is 0 Å². The highest BCUT2D eigenvalue weighted by Crippen LogP contribution is 2.25. The van der Waals surface area contributed by atoms with Crippen molar-refractivity contribution in [3.63, 3.8) is 0 Å². The van der Waals surface area contributed by atoms with Crippen molar-refractivity contribution in [2.75, 3.05) is 13.1 Å². The Hall–Kier alpha value is -4.40. The number of benzene rings is 2. The molecule has 9 heteroatoms. The maximum absolute atomic E-state index is 11.2. The van der Waals surface area contributed by atoms with Crippen LogP contribution in [0.4, 0.5) is 11.4 Å². The first kappa shape index (κ1) is 23.3. The molecule has 1 aliphatic rings. The Kier molecular flexibility index (Phi) is 7.59. The van der Waals surface area contributed by atoms with Crippen molar-refractivity contribution in [3.05, 3.63) is 105 Å². The first-order chi connectivity index (χ1) is 15.8. The summed E-state index contributed by atoms with van der Waals surface area (Å²) in [6.07, 6.45) is 6.02. The van der Waals surface area contributed by atoms with Gasteiger partial charge in [0, 0.05) is 56.7 Å². The Labute approximate surface area is 190 Å². The lowest BCUT2D eigenvalue weighted by Gasteiger charge is -2.25. The van der Waals surface area contributed by atoms with Crippen LogP contribution in [-0.2, 0) is 4.79 Å². The third kappa shape index (κ3) is 6.30. The fraction of sp³-hybridized carbons (Fsp3) is 0.167. The molecule has 0 N–H and O–H groups in total. The van der Waals surface area contributed by atoms with Crippen molar-refractivity contribution >= 4 is 22.9 Å². The highest BCUT2D eigenvalue weighted by molar-refractivity contribution is 5.76. The molecule has 2 heterocycles. The lowest BCUT2D eigenvalue weighted by Crippen LogP contribution is -2.32. The quantitative estimate of drug-likeness (QED) is 0.416. The van der Waals surface area contributed by atoms with Gasteiger partial charge in [0.2, 0.25) is 5.91 Å². The molecule has 0 aliphatic carbocycles. The number of amides is 1. The number of carbonyl (C=O) groups excluding carboxylic acids is 1. The zero-order valence-electron chi connectivity index (χ0n) is 18.0. The van der Waals surface area contributed by atoms with Gasteiger partial charge in [0.1, 0.15) is 0 Å². The van der Waals surface area contributed by atoms with Crippen molar-refractivity contribution in [1.29, 1.82) is 0 Å². The molecule has 1 aliphatic heterocycles. The SMILES string of the molecule is CC(=O)N1CC=C(c2cccc([N+](=O)[O-])c2)CC1.O=[N+]([O-])c1cccc(-c2ccncc2)c1. The van der Waals surface area contributed by atoms with Crippen molar-refractivity contribution < 1.29 is 14.6 Å². The summed E-state index contributed by atoms with van der Waals surface area (Å²) in [7, 11) is 0. The van der Waals surface area contributed by atoms with Gasteiger partial charge in [0.05, 0.1) is 9.85 Å². The van der Waals surface area contributed by atoms with Crippen molar-refractivity contribution in [3.8, 4) is 11.1 Å². The van der Waals surface area contributed by atoms with Crippen LogP contribution in [0.3, 0.4) is 0 Å². The Morgan fingerprint density at radius 1 is 0.879 bits per heavy atom. The predicted molar refractivity (Wildman–Crippen MR) is 124 cm³/mol. The van der Waals surface area contributed by atoms with E-state index in [0.717, 1.165) is 28.7 Å². The molecule has 0 spiro atoms. The third-order valence-electron chi connectivity index (χ3n) is 5.15. The normalized spacial score (nSPS) is 12.8. The van der Waals surface area contributed by atoms with Crippen LogP contribution in [-0.4, -0.2) is 38.7 Å². The third-order valence-corrected chi connectivity index (χ3v) is 5.15. The van der Waals surface area contributed by atoms with Crippen molar-refractivity contribution in [2.45, 2.75) is 13.3 Å². The lowest BCUT2D eigenvalue weighted by atomic mass is 9.99. The molecule has 3 aromatic rings. The van der Waals surface area contributed by atoms with Gasteiger partial charge in [-0.15, -0.1) is 0 Å². The maximum atomic E-state index is 11.2. The number of rotatable bonds is 4. The van der Waals surface area contributed by atoms with Crippen LogP contribution < -0.4 is 0 Å². The largest absolute Gasteiger partial charge is 0.339 e. The Morgan fingerprint density at radius 3 is 1.97 bits per heavy atom. The first-order valence-electron chi connectivity index (χ1n) is 10.2. The minimum Gasteiger partial charge on any atom is -0.339 e. The predicted octanol–water partition coefficient (Wildman–Crippen LogP) is 4.89. The second-order valence-electron chi connectivity index (χ2n) is 7.30. The molecule has 0 saturated heterocycles. The highest BCUT2D eigenvalue weighted by atomic mass is 16.6. The fourth-order valence-corrected chi connectivity index (χ4v) is 3.38. The average Bonchev–Trinajstić information content (AvgIpc) is 2.85. The number of nitro benzene ring substituents is 2. The van der Waals surface area contributed by atoms with Crippen LogP contribution in [0.15, 0.2) is 79.1 Å². The highest BCUT2D eigenvalue weighted by Gasteiger charge is 2.16. The summed E-state index contributed by atoms with van der Waals surface area (Å²) in [6.45, 7) is 2.80. The number of nitro groups is 2. The molecule has 33 heavy (non-hydrogen) atoms. The smallest absolute Gasteiger partial charge is 0.270 e. The Morgan fingerprint density at radius 2 is 1.45 bits per heavy atom. The van der Waals surface area contributed by atoms with Crippen LogP contribution in [0.2, 0.25) is 0 Å². The van der Waals surface area contributed by atoms with Crippen LogP contribution in [0.1, 0.15) is 18.9 Å². The second-order valence-corrected chi connectivity index (χ2v) is 7.30. The second kappa shape index (κ2) is 10.8. The van der Waals surface area contributed by atoms with E-state index in [4.69, 9.17) is 0 Å². The zero-order chi connectivity index (χ0) is 23.8. The van der Waals surface area contributed by atoms with E-state index in [1.54, 1.807) is 48.5 Å². The topological polar surface area (TPSA) is 119 Å². The Balaban J connectivity index is 0.000000189. The minimum absolute atomic E-state index is 0.0596. The zero-order valence-corrected chi connectivity index (χ0v) is 18.0. The number of aromatic nitrogens is 1. The molecule has 0 radical (unpaired) electrons. The molecule has 0 bridgehead atoms. The van der Waals surface area contributed by atoms with Gasteiger partial charge >= 0.3 is 0 Å². The van der Waals surface area contributed by atoms with Gasteiger partial charge in [0.25, 0.3) is 11.4 Å². The van der Waals surface area contributed by atoms with Crippen molar-refractivity contribution in [1.82, 2.24) is 9.88 Å². The molecule has 1 amide bonds. The van der Waals surface area contributed by atoms with E-state index in [1.807, 2.05) is 30.3 Å². The standard InChI is InChI=1S/C13H14N2O3.C11H8N2O2/c1-10(16)14-7-5-11(6-8-14)12-3-2-4-13(9-12)15(17)18;14-13(15)11-3-1-2-10(8-11)9-4-6-12-7-5-9/h2-5,9H,6-8H2,1H3;1-8H. The number of carbonyl (C=O) groups is 1. The summed E-state index contributed by atoms with van der Waals surface area (Å²) in [5.74, 6) is 0.0596. The molecule has 0 atom stereocenters. The molecule has 2 aromatic carbocycles. The number of hydrogen-bond acceptors (Lipinski definition) is 6. The van der Waals surface area contributed by atoms with E-state index in [-0.39, 0.29) is 17.3 Å². The molecule has 0 saturated carbocycles.